The van der Waals surface area contributed by atoms with Crippen molar-refractivity contribution in [2.75, 3.05) is 13.6 Å². The molecule has 1 fully saturated rings. The molecule has 1 aliphatic heterocycles. The molecule has 0 radical (unpaired) electrons. The Bertz CT molecular complexity index is 326. The van der Waals surface area contributed by atoms with E-state index < -0.39 is 12.0 Å². The molecule has 1 atom stereocenters. The van der Waals surface area contributed by atoms with Crippen LogP contribution in [-0.4, -0.2) is 58.0 Å². The van der Waals surface area contributed by atoms with E-state index in [1.165, 1.54) is 0 Å². The minimum atomic E-state index is -0.930. The predicted molar refractivity (Wildman–Crippen MR) is 64.7 cm³/mol. The molecule has 0 spiro atoms. The number of carbonyl (C=O) groups excluding carboxylic acids is 1. The zero-order valence-corrected chi connectivity index (χ0v) is 11.2. The van der Waals surface area contributed by atoms with Crippen molar-refractivity contribution in [1.82, 2.24) is 9.80 Å². The number of carboxylic acid groups (broad SMARTS) is 1. The number of nitrogens with zero attached hydrogens (tertiary/aromatic N) is 2. The highest BCUT2D eigenvalue weighted by atomic mass is 16.4. The maximum Gasteiger partial charge on any atom is 0.305 e. The van der Waals surface area contributed by atoms with Crippen molar-refractivity contribution < 1.29 is 14.7 Å². The smallest absolute Gasteiger partial charge is 0.305 e. The van der Waals surface area contributed by atoms with Gasteiger partial charge in [0.25, 0.3) is 0 Å². The summed E-state index contributed by atoms with van der Waals surface area (Å²) in [4.78, 5) is 26.6. The van der Waals surface area contributed by atoms with Gasteiger partial charge in [0.15, 0.2) is 0 Å². The van der Waals surface area contributed by atoms with Gasteiger partial charge in [0.05, 0.1) is 6.42 Å². The lowest BCUT2D eigenvalue weighted by Crippen LogP contribution is -2.67. The third kappa shape index (κ3) is 2.77. The van der Waals surface area contributed by atoms with Crippen LogP contribution in [0.5, 0.6) is 0 Å². The lowest BCUT2D eigenvalue weighted by Gasteiger charge is -2.51. The van der Waals surface area contributed by atoms with Crippen LogP contribution in [-0.2, 0) is 9.59 Å². The van der Waals surface area contributed by atoms with E-state index in [-0.39, 0.29) is 23.9 Å². The highest BCUT2D eigenvalue weighted by Gasteiger charge is 2.45. The van der Waals surface area contributed by atoms with Crippen LogP contribution in [0.2, 0.25) is 0 Å². The summed E-state index contributed by atoms with van der Waals surface area (Å²) >= 11 is 0. The molecular weight excluding hydrogens is 220 g/mol. The number of amides is 1. The van der Waals surface area contributed by atoms with Crippen molar-refractivity contribution in [3.05, 3.63) is 0 Å². The molecule has 1 unspecified atom stereocenters. The number of hydrogen-bond acceptors (Lipinski definition) is 3. The van der Waals surface area contributed by atoms with Crippen LogP contribution in [0.15, 0.2) is 0 Å². The van der Waals surface area contributed by atoms with Crippen LogP contribution in [0.4, 0.5) is 0 Å². The van der Waals surface area contributed by atoms with E-state index >= 15 is 0 Å². The van der Waals surface area contributed by atoms with Gasteiger partial charge in [-0.15, -0.1) is 0 Å². The van der Waals surface area contributed by atoms with Gasteiger partial charge in [-0.3, -0.25) is 14.5 Å². The third-order valence-corrected chi connectivity index (χ3v) is 3.24. The van der Waals surface area contributed by atoms with Gasteiger partial charge in [-0.1, -0.05) is 0 Å². The second kappa shape index (κ2) is 4.64. The van der Waals surface area contributed by atoms with E-state index in [4.69, 9.17) is 5.11 Å². The standard InChI is InChI=1S/C12H22N2O3/c1-8(2)14-9(6-10(15)16)11(17)13(5)7-12(14,3)4/h8-9H,6-7H2,1-5H3,(H,15,16). The molecule has 98 valence electrons. The number of carboxylic acids is 1. The molecule has 1 rings (SSSR count). The molecule has 0 aliphatic carbocycles. The van der Waals surface area contributed by atoms with Gasteiger partial charge in [-0.05, 0) is 27.7 Å². The van der Waals surface area contributed by atoms with Crippen LogP contribution in [0.3, 0.4) is 0 Å². The summed E-state index contributed by atoms with van der Waals surface area (Å²) in [5.41, 5.74) is -0.197. The second-order valence-electron chi connectivity index (χ2n) is 5.62. The molecule has 0 aromatic carbocycles. The Kier molecular flexibility index (Phi) is 3.81. The molecule has 1 saturated heterocycles. The Morgan fingerprint density at radius 1 is 1.53 bits per heavy atom. The van der Waals surface area contributed by atoms with Gasteiger partial charge in [0, 0.05) is 25.2 Å². The van der Waals surface area contributed by atoms with Crippen molar-refractivity contribution >= 4 is 11.9 Å². The van der Waals surface area contributed by atoms with Gasteiger partial charge in [-0.2, -0.15) is 0 Å². The number of likely N-dealkylation sites (N-methyl/N-ethyl adjacent to an activating group) is 1. The van der Waals surface area contributed by atoms with Crippen molar-refractivity contribution in [3.8, 4) is 0 Å². The van der Waals surface area contributed by atoms with E-state index in [0.29, 0.717) is 6.54 Å². The van der Waals surface area contributed by atoms with Crippen molar-refractivity contribution in [2.45, 2.75) is 51.7 Å². The van der Waals surface area contributed by atoms with Gasteiger partial charge in [0.1, 0.15) is 6.04 Å². The van der Waals surface area contributed by atoms with E-state index in [0.717, 1.165) is 0 Å². The second-order valence-corrected chi connectivity index (χ2v) is 5.62. The first-order valence-electron chi connectivity index (χ1n) is 5.92. The Morgan fingerprint density at radius 3 is 2.47 bits per heavy atom. The summed E-state index contributed by atoms with van der Waals surface area (Å²) in [6, 6.07) is -0.409. The number of piperazine rings is 1. The van der Waals surface area contributed by atoms with Crippen LogP contribution < -0.4 is 0 Å². The van der Waals surface area contributed by atoms with Crippen LogP contribution in [0, 0.1) is 0 Å². The molecular formula is C12H22N2O3. The van der Waals surface area contributed by atoms with E-state index in [2.05, 4.69) is 0 Å². The highest BCUT2D eigenvalue weighted by Crippen LogP contribution is 2.29. The monoisotopic (exact) mass is 242 g/mol. The number of aliphatic carboxylic acids is 1. The Balaban J connectivity index is 3.07. The first kappa shape index (κ1) is 14.0. The van der Waals surface area contributed by atoms with Crippen LogP contribution >= 0.6 is 0 Å². The topological polar surface area (TPSA) is 60.9 Å². The van der Waals surface area contributed by atoms with Gasteiger partial charge < -0.3 is 10.0 Å². The lowest BCUT2D eigenvalue weighted by atomic mass is 9.91. The van der Waals surface area contributed by atoms with Gasteiger partial charge in [-0.25, -0.2) is 0 Å². The maximum absolute atomic E-state index is 12.1. The molecule has 0 aromatic heterocycles. The summed E-state index contributed by atoms with van der Waals surface area (Å²) in [6.07, 6.45) is -0.134. The minimum absolute atomic E-state index is 0.0968. The fourth-order valence-electron chi connectivity index (χ4n) is 2.95. The normalized spacial score (nSPS) is 25.4. The van der Waals surface area contributed by atoms with Crippen molar-refractivity contribution in [3.63, 3.8) is 0 Å². The predicted octanol–water partition coefficient (Wildman–Crippen LogP) is 0.791. The zero-order chi connectivity index (χ0) is 13.4. The van der Waals surface area contributed by atoms with Crippen molar-refractivity contribution in [1.29, 1.82) is 0 Å². The van der Waals surface area contributed by atoms with E-state index in [1.807, 2.05) is 32.6 Å². The molecule has 0 saturated carbocycles. The quantitative estimate of drug-likeness (QED) is 0.795. The Morgan fingerprint density at radius 2 is 2.06 bits per heavy atom. The summed E-state index contributed by atoms with van der Waals surface area (Å²) in [5.74, 6) is -1.03. The molecule has 5 heteroatoms. The van der Waals surface area contributed by atoms with Crippen LogP contribution in [0.25, 0.3) is 0 Å². The lowest BCUT2D eigenvalue weighted by molar-refractivity contribution is -0.156. The molecule has 17 heavy (non-hydrogen) atoms. The SMILES string of the molecule is CC(C)N1C(CC(=O)O)C(=O)N(C)CC1(C)C. The molecule has 1 heterocycles. The molecule has 1 aliphatic rings. The molecule has 5 nitrogen and oxygen atoms in total. The maximum atomic E-state index is 12.1. The Hall–Kier alpha value is -1.10. The highest BCUT2D eigenvalue weighted by molar-refractivity contribution is 5.87. The average Bonchev–Trinajstić information content (AvgIpc) is 2.10. The number of carbonyl (C=O) groups is 2. The summed E-state index contributed by atoms with van der Waals surface area (Å²) < 4.78 is 0. The fourth-order valence-corrected chi connectivity index (χ4v) is 2.95. The summed E-state index contributed by atoms with van der Waals surface area (Å²) in [7, 11) is 1.73. The largest absolute Gasteiger partial charge is 0.481 e. The first-order chi connectivity index (χ1) is 7.66. The third-order valence-electron chi connectivity index (χ3n) is 3.24. The first-order valence-corrected chi connectivity index (χ1v) is 5.92. The minimum Gasteiger partial charge on any atom is -0.481 e. The summed E-state index contributed by atoms with van der Waals surface area (Å²) in [6.45, 7) is 8.71. The molecule has 1 amide bonds. The van der Waals surface area contributed by atoms with E-state index in [9.17, 15) is 9.59 Å². The van der Waals surface area contributed by atoms with Gasteiger partial charge >= 0.3 is 5.97 Å². The fraction of sp³-hybridized carbons (Fsp3) is 0.833. The number of hydrogen-bond donors (Lipinski definition) is 1. The Labute approximate surface area is 102 Å². The number of rotatable bonds is 3. The summed E-state index contributed by atoms with van der Waals surface area (Å²) in [5, 5.41) is 8.94. The molecule has 1 N–H and O–H groups in total. The van der Waals surface area contributed by atoms with Crippen LogP contribution in [0.1, 0.15) is 34.1 Å². The average molecular weight is 242 g/mol. The van der Waals surface area contributed by atoms with Gasteiger partial charge in [0.2, 0.25) is 5.91 Å². The molecule has 0 aromatic rings. The zero-order valence-electron chi connectivity index (χ0n) is 11.2. The van der Waals surface area contributed by atoms with E-state index in [1.54, 1.807) is 11.9 Å². The van der Waals surface area contributed by atoms with Crippen molar-refractivity contribution in [2.24, 2.45) is 0 Å². The molecule has 0 bridgehead atoms.